The Balaban J connectivity index is 1.17. The molecule has 6 aromatic carbocycles. The lowest BCUT2D eigenvalue weighted by molar-refractivity contribution is 0.619. The van der Waals surface area contributed by atoms with E-state index < -0.39 is 0 Å². The summed E-state index contributed by atoms with van der Waals surface area (Å²) < 4.78 is 12.0. The largest absolute Gasteiger partial charge is 0.436 e. The summed E-state index contributed by atoms with van der Waals surface area (Å²) in [5.41, 5.74) is 10.2. The Morgan fingerprint density at radius 1 is 0.447 bits per heavy atom. The molecule has 8 aromatic rings. The van der Waals surface area contributed by atoms with E-state index in [2.05, 4.69) is 27.0 Å². The topological polar surface area (TPSA) is 103 Å². The van der Waals surface area contributed by atoms with Crippen molar-refractivity contribution in [3.8, 4) is 46.2 Å². The lowest BCUT2D eigenvalue weighted by atomic mass is 9.99. The summed E-state index contributed by atoms with van der Waals surface area (Å²) in [5, 5.41) is 18.9. The summed E-state index contributed by atoms with van der Waals surface area (Å²) in [6, 6.07) is 49.3. The van der Waals surface area contributed by atoms with E-state index in [1.54, 1.807) is 12.1 Å². The lowest BCUT2D eigenvalue weighted by Crippen LogP contribution is -2.09. The predicted molar refractivity (Wildman–Crippen MR) is 182 cm³/mol. The zero-order valence-corrected chi connectivity index (χ0v) is 24.8. The molecule has 0 radical (unpaired) electrons. The summed E-state index contributed by atoms with van der Waals surface area (Å²) >= 11 is 0. The summed E-state index contributed by atoms with van der Waals surface area (Å²) in [6.07, 6.45) is 0. The Labute approximate surface area is 269 Å². The van der Waals surface area contributed by atoms with Crippen molar-refractivity contribution in [3.05, 3.63) is 151 Å². The fraction of sp³-hybridized carbons (Fsp3) is 0. The number of aromatic nitrogens is 2. The molecule has 0 aliphatic carbocycles. The van der Waals surface area contributed by atoms with Gasteiger partial charge in [-0.1, -0.05) is 42.5 Å². The van der Waals surface area contributed by atoms with Crippen LogP contribution in [0.5, 0.6) is 0 Å². The molecule has 220 valence electrons. The molecule has 0 aliphatic heterocycles. The minimum Gasteiger partial charge on any atom is -0.436 e. The molecule has 0 N–H and O–H groups in total. The zero-order valence-electron chi connectivity index (χ0n) is 24.8. The molecule has 0 saturated carbocycles. The second kappa shape index (κ2) is 11.5. The van der Waals surface area contributed by atoms with Crippen molar-refractivity contribution in [1.29, 1.82) is 10.5 Å². The Bertz CT molecular complexity index is 2300. The highest BCUT2D eigenvalue weighted by Gasteiger charge is 2.16. The molecule has 7 heteroatoms. The fourth-order valence-electron chi connectivity index (χ4n) is 5.66. The van der Waals surface area contributed by atoms with Crippen molar-refractivity contribution >= 4 is 39.3 Å². The van der Waals surface area contributed by atoms with E-state index in [-0.39, 0.29) is 0 Å². The van der Waals surface area contributed by atoms with Gasteiger partial charge in [-0.15, -0.1) is 0 Å². The molecule has 0 spiro atoms. The van der Waals surface area contributed by atoms with Gasteiger partial charge in [0.05, 0.1) is 11.1 Å². The highest BCUT2D eigenvalue weighted by molar-refractivity contribution is 5.82. The van der Waals surface area contributed by atoms with Crippen LogP contribution in [0.1, 0.15) is 11.1 Å². The molecule has 8 rings (SSSR count). The molecular weight excluding hydrogens is 582 g/mol. The third-order valence-electron chi connectivity index (χ3n) is 8.05. The van der Waals surface area contributed by atoms with Gasteiger partial charge in [-0.2, -0.15) is 10.5 Å². The van der Waals surface area contributed by atoms with E-state index in [1.165, 1.54) is 0 Å². The van der Waals surface area contributed by atoms with Crippen LogP contribution in [-0.4, -0.2) is 9.97 Å². The van der Waals surface area contributed by atoms with E-state index in [0.717, 1.165) is 61.5 Å². The number of hydrogen-bond acceptors (Lipinski definition) is 7. The number of para-hydroxylation sites is 4. The molecule has 2 heterocycles. The number of benzene rings is 6. The molecule has 0 unspecified atom stereocenters. The first-order chi connectivity index (χ1) is 23.2. The maximum atomic E-state index is 9.52. The van der Waals surface area contributed by atoms with E-state index in [4.69, 9.17) is 8.83 Å². The maximum Gasteiger partial charge on any atom is 0.227 e. The van der Waals surface area contributed by atoms with Crippen LogP contribution in [0.15, 0.2) is 148 Å². The number of hydrogen-bond donors (Lipinski definition) is 0. The van der Waals surface area contributed by atoms with Gasteiger partial charge in [0.2, 0.25) is 11.8 Å². The van der Waals surface area contributed by atoms with Crippen LogP contribution in [-0.2, 0) is 0 Å². The number of nitrogens with zero attached hydrogens (tertiary/aromatic N) is 5. The van der Waals surface area contributed by atoms with Gasteiger partial charge in [0.15, 0.2) is 11.2 Å². The first-order valence-corrected chi connectivity index (χ1v) is 14.9. The van der Waals surface area contributed by atoms with Gasteiger partial charge in [0, 0.05) is 28.2 Å². The van der Waals surface area contributed by atoms with Crippen LogP contribution in [0.25, 0.3) is 56.2 Å². The summed E-state index contributed by atoms with van der Waals surface area (Å²) in [7, 11) is 0. The second-order valence-corrected chi connectivity index (χ2v) is 10.9. The molecule has 0 saturated heterocycles. The van der Waals surface area contributed by atoms with Crippen LogP contribution in [0.2, 0.25) is 0 Å². The third kappa shape index (κ3) is 5.14. The summed E-state index contributed by atoms with van der Waals surface area (Å²) in [6.45, 7) is 0. The van der Waals surface area contributed by atoms with Gasteiger partial charge in [-0.3, -0.25) is 0 Å². The molecule has 0 aliphatic rings. The first kappa shape index (κ1) is 27.6. The lowest BCUT2D eigenvalue weighted by Gasteiger charge is -2.26. The van der Waals surface area contributed by atoms with Gasteiger partial charge in [-0.25, -0.2) is 9.97 Å². The number of rotatable bonds is 6. The quantitative estimate of drug-likeness (QED) is 0.186. The van der Waals surface area contributed by atoms with Gasteiger partial charge in [-0.05, 0) is 108 Å². The van der Waals surface area contributed by atoms with Crippen LogP contribution in [0, 0.1) is 22.7 Å². The van der Waals surface area contributed by atoms with Crippen molar-refractivity contribution in [2.75, 3.05) is 4.90 Å². The molecular formula is C40H23N5O2. The number of anilines is 3. The van der Waals surface area contributed by atoms with E-state index in [9.17, 15) is 10.5 Å². The Morgan fingerprint density at radius 3 is 1.32 bits per heavy atom. The molecule has 2 aromatic heterocycles. The van der Waals surface area contributed by atoms with Crippen LogP contribution >= 0.6 is 0 Å². The highest BCUT2D eigenvalue weighted by atomic mass is 16.4. The zero-order chi connectivity index (χ0) is 31.7. The Hall–Kier alpha value is -6.96. The summed E-state index contributed by atoms with van der Waals surface area (Å²) in [5.74, 6) is 1.13. The molecule has 0 fully saturated rings. The predicted octanol–water partition coefficient (Wildman–Crippen LogP) is 10.2. The molecule has 0 amide bonds. The van der Waals surface area contributed by atoms with Crippen molar-refractivity contribution in [3.63, 3.8) is 0 Å². The van der Waals surface area contributed by atoms with Crippen LogP contribution < -0.4 is 4.90 Å². The smallest absolute Gasteiger partial charge is 0.227 e. The normalized spacial score (nSPS) is 10.9. The summed E-state index contributed by atoms with van der Waals surface area (Å²) in [4.78, 5) is 11.5. The van der Waals surface area contributed by atoms with Gasteiger partial charge < -0.3 is 13.7 Å². The van der Waals surface area contributed by atoms with Crippen LogP contribution in [0.3, 0.4) is 0 Å². The maximum absolute atomic E-state index is 9.52. The molecule has 7 nitrogen and oxygen atoms in total. The van der Waals surface area contributed by atoms with Crippen molar-refractivity contribution in [2.45, 2.75) is 0 Å². The second-order valence-electron chi connectivity index (χ2n) is 10.9. The highest BCUT2D eigenvalue weighted by Crippen LogP contribution is 2.38. The van der Waals surface area contributed by atoms with Gasteiger partial charge in [0.25, 0.3) is 0 Å². The number of fused-ring (bicyclic) bond motifs is 2. The van der Waals surface area contributed by atoms with E-state index >= 15 is 0 Å². The van der Waals surface area contributed by atoms with E-state index in [1.807, 2.05) is 127 Å². The SMILES string of the molecule is N#Cc1ccc(-c2ccc(N(c3ccc(-c4nc5ccccc5o4)cc3)c3ccc(-c4nc5ccccc5o4)cc3)cc2)cc1C#N. The first-order valence-electron chi connectivity index (χ1n) is 14.9. The minimum absolute atomic E-state index is 0.355. The number of oxazole rings is 2. The average Bonchev–Trinajstić information content (AvgIpc) is 3.77. The fourth-order valence-corrected chi connectivity index (χ4v) is 5.66. The van der Waals surface area contributed by atoms with Crippen molar-refractivity contribution in [2.24, 2.45) is 0 Å². The van der Waals surface area contributed by atoms with Crippen LogP contribution in [0.4, 0.5) is 17.1 Å². The minimum atomic E-state index is 0.355. The third-order valence-corrected chi connectivity index (χ3v) is 8.05. The molecule has 0 bridgehead atoms. The monoisotopic (exact) mass is 605 g/mol. The average molecular weight is 606 g/mol. The van der Waals surface area contributed by atoms with E-state index in [0.29, 0.717) is 22.9 Å². The number of nitriles is 2. The van der Waals surface area contributed by atoms with Crippen molar-refractivity contribution < 1.29 is 8.83 Å². The van der Waals surface area contributed by atoms with Gasteiger partial charge in [0.1, 0.15) is 23.2 Å². The van der Waals surface area contributed by atoms with Gasteiger partial charge >= 0.3 is 0 Å². The standard InChI is InChI=1S/C40H23N5O2/c41-24-30-10-9-29(23-31(30)25-42)26-11-17-32(18-12-26)45(33-19-13-27(14-20-33)39-43-35-5-1-3-7-37(35)46-39)34-21-15-28(16-22-34)40-44-36-6-2-4-8-38(36)47-40/h1-23H. The molecule has 0 atom stereocenters. The Morgan fingerprint density at radius 2 is 0.872 bits per heavy atom. The Kier molecular flexibility index (Phi) is 6.76. The molecule has 47 heavy (non-hydrogen) atoms. The van der Waals surface area contributed by atoms with Crippen molar-refractivity contribution in [1.82, 2.24) is 9.97 Å².